The fraction of sp³-hybridized carbons (Fsp3) is 0.692. The van der Waals surface area contributed by atoms with Crippen LogP contribution in [-0.2, 0) is 6.54 Å². The highest BCUT2D eigenvalue weighted by Gasteiger charge is 2.53. The SMILES string of the molecule is CC(C)Cn1ncc(NC2C3CNCC32)c(Br)c1=O. The third-order valence-electron chi connectivity index (χ3n) is 3.94. The van der Waals surface area contributed by atoms with Gasteiger partial charge in [0.2, 0.25) is 0 Å². The fourth-order valence-electron chi connectivity index (χ4n) is 2.85. The van der Waals surface area contributed by atoms with Gasteiger partial charge in [0, 0.05) is 25.7 Å². The van der Waals surface area contributed by atoms with E-state index in [1.807, 2.05) is 0 Å². The molecule has 1 aliphatic carbocycles. The van der Waals surface area contributed by atoms with Gasteiger partial charge < -0.3 is 10.6 Å². The Labute approximate surface area is 120 Å². The molecule has 0 amide bonds. The van der Waals surface area contributed by atoms with Crippen LogP contribution in [0.5, 0.6) is 0 Å². The van der Waals surface area contributed by atoms with Gasteiger partial charge in [0.15, 0.2) is 0 Å². The van der Waals surface area contributed by atoms with Gasteiger partial charge in [0.1, 0.15) is 4.47 Å². The second-order valence-corrected chi connectivity index (χ2v) is 6.70. The van der Waals surface area contributed by atoms with Crippen molar-refractivity contribution >= 4 is 21.6 Å². The molecule has 6 heteroatoms. The molecule has 3 rings (SSSR count). The molecule has 2 aliphatic rings. The van der Waals surface area contributed by atoms with E-state index in [1.165, 1.54) is 4.68 Å². The van der Waals surface area contributed by atoms with Crippen molar-refractivity contribution in [3.63, 3.8) is 0 Å². The lowest BCUT2D eigenvalue weighted by Gasteiger charge is -2.13. The van der Waals surface area contributed by atoms with Crippen molar-refractivity contribution in [2.45, 2.75) is 26.4 Å². The standard InChI is InChI=1S/C13H19BrN4O/c1-7(2)6-18-13(19)11(14)10(5-16-18)17-12-8-3-15-4-9(8)12/h5,7-9,12,15,17H,3-4,6H2,1-2H3. The molecule has 19 heavy (non-hydrogen) atoms. The van der Waals surface area contributed by atoms with Crippen molar-refractivity contribution in [1.82, 2.24) is 15.1 Å². The van der Waals surface area contributed by atoms with Crippen LogP contribution in [0.1, 0.15) is 13.8 Å². The van der Waals surface area contributed by atoms with Gasteiger partial charge >= 0.3 is 0 Å². The molecule has 2 heterocycles. The molecule has 0 radical (unpaired) electrons. The third kappa shape index (κ3) is 2.43. The molecule has 2 unspecified atom stereocenters. The molecule has 1 saturated heterocycles. The zero-order valence-electron chi connectivity index (χ0n) is 11.2. The highest BCUT2D eigenvalue weighted by Crippen LogP contribution is 2.44. The maximum absolute atomic E-state index is 12.2. The Kier molecular flexibility index (Phi) is 3.39. The number of nitrogens with one attached hydrogen (secondary N) is 2. The van der Waals surface area contributed by atoms with E-state index in [2.05, 4.69) is 45.5 Å². The van der Waals surface area contributed by atoms with Crippen LogP contribution in [0.15, 0.2) is 15.5 Å². The summed E-state index contributed by atoms with van der Waals surface area (Å²) >= 11 is 3.41. The molecular weight excluding hydrogens is 308 g/mol. The summed E-state index contributed by atoms with van der Waals surface area (Å²) in [7, 11) is 0. The molecular formula is C13H19BrN4O. The normalized spacial score (nSPS) is 28.5. The van der Waals surface area contributed by atoms with Gasteiger partial charge in [-0.05, 0) is 33.7 Å². The summed E-state index contributed by atoms with van der Waals surface area (Å²) in [5.41, 5.74) is 0.770. The van der Waals surface area contributed by atoms with Gasteiger partial charge in [0.05, 0.1) is 11.9 Å². The molecule has 0 spiro atoms. The van der Waals surface area contributed by atoms with E-state index in [9.17, 15) is 4.79 Å². The lowest BCUT2D eigenvalue weighted by molar-refractivity contribution is 0.462. The molecule has 1 saturated carbocycles. The van der Waals surface area contributed by atoms with Crippen LogP contribution in [0.25, 0.3) is 0 Å². The molecule has 0 bridgehead atoms. The van der Waals surface area contributed by atoms with E-state index < -0.39 is 0 Å². The number of hydrogen-bond acceptors (Lipinski definition) is 4. The Hall–Kier alpha value is -0.880. The average Bonchev–Trinajstić information content (AvgIpc) is 2.81. The zero-order chi connectivity index (χ0) is 13.6. The maximum Gasteiger partial charge on any atom is 0.283 e. The molecule has 1 aromatic heterocycles. The van der Waals surface area contributed by atoms with Crippen molar-refractivity contribution in [1.29, 1.82) is 0 Å². The van der Waals surface area contributed by atoms with Crippen LogP contribution in [0.3, 0.4) is 0 Å². The minimum absolute atomic E-state index is 0.0531. The average molecular weight is 327 g/mol. The van der Waals surface area contributed by atoms with E-state index in [0.717, 1.165) is 18.8 Å². The largest absolute Gasteiger partial charge is 0.379 e. The highest BCUT2D eigenvalue weighted by molar-refractivity contribution is 9.10. The predicted molar refractivity (Wildman–Crippen MR) is 78.3 cm³/mol. The first kappa shape index (κ1) is 13.1. The Bertz CT molecular complexity index is 532. The van der Waals surface area contributed by atoms with Crippen molar-refractivity contribution in [2.75, 3.05) is 18.4 Å². The third-order valence-corrected chi connectivity index (χ3v) is 4.70. The fourth-order valence-corrected chi connectivity index (χ4v) is 3.28. The second-order valence-electron chi connectivity index (χ2n) is 5.91. The lowest BCUT2D eigenvalue weighted by atomic mass is 10.2. The summed E-state index contributed by atoms with van der Waals surface area (Å²) in [6.07, 6.45) is 1.76. The second kappa shape index (κ2) is 4.90. The van der Waals surface area contributed by atoms with Crippen molar-refractivity contribution in [3.8, 4) is 0 Å². The quantitative estimate of drug-likeness (QED) is 0.875. The Morgan fingerprint density at radius 1 is 1.53 bits per heavy atom. The number of rotatable bonds is 4. The summed E-state index contributed by atoms with van der Waals surface area (Å²) in [5.74, 6) is 1.83. The van der Waals surface area contributed by atoms with Gasteiger partial charge in [-0.2, -0.15) is 5.10 Å². The monoisotopic (exact) mass is 326 g/mol. The summed E-state index contributed by atoms with van der Waals surface area (Å²) in [6.45, 7) is 6.96. The van der Waals surface area contributed by atoms with Gasteiger partial charge in [-0.25, -0.2) is 4.68 Å². The molecule has 2 N–H and O–H groups in total. The van der Waals surface area contributed by atoms with Crippen LogP contribution >= 0.6 is 15.9 Å². The molecule has 5 nitrogen and oxygen atoms in total. The van der Waals surface area contributed by atoms with Crippen molar-refractivity contribution < 1.29 is 0 Å². The molecule has 2 atom stereocenters. The molecule has 1 aliphatic heterocycles. The van der Waals surface area contributed by atoms with E-state index in [-0.39, 0.29) is 5.56 Å². The van der Waals surface area contributed by atoms with Gasteiger partial charge in [-0.1, -0.05) is 13.8 Å². The summed E-state index contributed by atoms with van der Waals surface area (Å²) in [5, 5.41) is 11.1. The highest BCUT2D eigenvalue weighted by atomic mass is 79.9. The molecule has 0 aromatic carbocycles. The van der Waals surface area contributed by atoms with Gasteiger partial charge in [-0.15, -0.1) is 0 Å². The first-order valence-corrected chi connectivity index (χ1v) is 7.60. The number of piperidine rings is 1. The van der Waals surface area contributed by atoms with E-state index in [0.29, 0.717) is 34.8 Å². The summed E-state index contributed by atoms with van der Waals surface area (Å²) in [6, 6.07) is 0.500. The number of hydrogen-bond donors (Lipinski definition) is 2. The zero-order valence-corrected chi connectivity index (χ0v) is 12.8. The van der Waals surface area contributed by atoms with Crippen molar-refractivity contribution in [3.05, 3.63) is 21.0 Å². The number of anilines is 1. The molecule has 2 fully saturated rings. The Balaban J connectivity index is 1.76. The first-order chi connectivity index (χ1) is 9.08. The van der Waals surface area contributed by atoms with Crippen LogP contribution in [0.4, 0.5) is 5.69 Å². The maximum atomic E-state index is 12.2. The Morgan fingerprint density at radius 3 is 2.84 bits per heavy atom. The van der Waals surface area contributed by atoms with Crippen LogP contribution < -0.4 is 16.2 Å². The smallest absolute Gasteiger partial charge is 0.283 e. The number of fused-ring (bicyclic) bond motifs is 1. The molecule has 104 valence electrons. The van der Waals surface area contributed by atoms with Gasteiger partial charge in [0.25, 0.3) is 5.56 Å². The van der Waals surface area contributed by atoms with Crippen molar-refractivity contribution in [2.24, 2.45) is 17.8 Å². The van der Waals surface area contributed by atoms with E-state index in [4.69, 9.17) is 0 Å². The van der Waals surface area contributed by atoms with E-state index in [1.54, 1.807) is 6.20 Å². The minimum Gasteiger partial charge on any atom is -0.379 e. The predicted octanol–water partition coefficient (Wildman–Crippen LogP) is 1.29. The van der Waals surface area contributed by atoms with Crippen LogP contribution in [0, 0.1) is 17.8 Å². The number of aromatic nitrogens is 2. The molecule has 1 aromatic rings. The number of nitrogens with zero attached hydrogens (tertiary/aromatic N) is 2. The first-order valence-electron chi connectivity index (χ1n) is 6.81. The lowest BCUT2D eigenvalue weighted by Crippen LogP contribution is -2.28. The topological polar surface area (TPSA) is 59.0 Å². The van der Waals surface area contributed by atoms with Crippen LogP contribution in [0.2, 0.25) is 0 Å². The van der Waals surface area contributed by atoms with Crippen LogP contribution in [-0.4, -0.2) is 28.9 Å². The summed E-state index contributed by atoms with van der Waals surface area (Å²) in [4.78, 5) is 12.2. The minimum atomic E-state index is -0.0531. The van der Waals surface area contributed by atoms with Gasteiger partial charge in [-0.3, -0.25) is 4.79 Å². The number of halogens is 1. The van der Waals surface area contributed by atoms with E-state index >= 15 is 0 Å². The summed E-state index contributed by atoms with van der Waals surface area (Å²) < 4.78 is 2.12. The Morgan fingerprint density at radius 2 is 2.21 bits per heavy atom.